The SMILES string of the molecule is CC(C)(C)C1CCN(c2ccc(I)cn2)C1. The monoisotopic (exact) mass is 330 g/mol. The van der Waals surface area contributed by atoms with Crippen LogP contribution >= 0.6 is 22.6 Å². The van der Waals surface area contributed by atoms with Crippen molar-refractivity contribution in [3.8, 4) is 0 Å². The lowest BCUT2D eigenvalue weighted by Gasteiger charge is -2.27. The van der Waals surface area contributed by atoms with Crippen LogP contribution in [0.2, 0.25) is 0 Å². The van der Waals surface area contributed by atoms with Crippen molar-refractivity contribution < 1.29 is 0 Å². The van der Waals surface area contributed by atoms with E-state index in [1.807, 2.05) is 6.20 Å². The van der Waals surface area contributed by atoms with E-state index in [1.165, 1.54) is 9.99 Å². The number of hydrogen-bond donors (Lipinski definition) is 0. The van der Waals surface area contributed by atoms with E-state index in [4.69, 9.17) is 0 Å². The van der Waals surface area contributed by atoms with Crippen LogP contribution in [0.15, 0.2) is 18.3 Å². The van der Waals surface area contributed by atoms with E-state index >= 15 is 0 Å². The predicted molar refractivity (Wildman–Crippen MR) is 76.7 cm³/mol. The molecule has 16 heavy (non-hydrogen) atoms. The van der Waals surface area contributed by atoms with Crippen molar-refractivity contribution >= 4 is 28.4 Å². The molecule has 0 N–H and O–H groups in total. The van der Waals surface area contributed by atoms with Gasteiger partial charge in [0.25, 0.3) is 0 Å². The van der Waals surface area contributed by atoms with Gasteiger partial charge in [0.2, 0.25) is 0 Å². The summed E-state index contributed by atoms with van der Waals surface area (Å²) in [6.07, 6.45) is 3.23. The third-order valence-corrected chi connectivity index (χ3v) is 4.09. The minimum atomic E-state index is 0.415. The molecule has 0 spiro atoms. The summed E-state index contributed by atoms with van der Waals surface area (Å²) in [7, 11) is 0. The summed E-state index contributed by atoms with van der Waals surface area (Å²) >= 11 is 2.30. The lowest BCUT2D eigenvalue weighted by Crippen LogP contribution is -2.26. The minimum absolute atomic E-state index is 0.415. The quantitative estimate of drug-likeness (QED) is 0.732. The normalized spacial score (nSPS) is 21.5. The number of anilines is 1. The molecule has 0 bridgehead atoms. The van der Waals surface area contributed by atoms with Crippen molar-refractivity contribution in [2.75, 3.05) is 18.0 Å². The molecule has 2 rings (SSSR count). The van der Waals surface area contributed by atoms with E-state index in [9.17, 15) is 0 Å². The van der Waals surface area contributed by atoms with Gasteiger partial charge in [-0.3, -0.25) is 0 Å². The third-order valence-electron chi connectivity index (χ3n) is 3.45. The molecule has 1 saturated heterocycles. The maximum absolute atomic E-state index is 4.50. The van der Waals surface area contributed by atoms with Crippen LogP contribution in [0.25, 0.3) is 0 Å². The molecule has 1 aliphatic rings. The first-order valence-corrected chi connectivity index (χ1v) is 6.91. The van der Waals surface area contributed by atoms with Crippen LogP contribution in [0.3, 0.4) is 0 Å². The number of nitrogens with zero attached hydrogens (tertiary/aromatic N) is 2. The van der Waals surface area contributed by atoms with Gasteiger partial charge in [-0.1, -0.05) is 20.8 Å². The second-order valence-corrected chi connectivity index (χ2v) is 6.88. The molecule has 88 valence electrons. The first kappa shape index (κ1) is 12.1. The molecule has 1 aromatic rings. The molecule has 0 aliphatic carbocycles. The van der Waals surface area contributed by atoms with Gasteiger partial charge in [0.1, 0.15) is 5.82 Å². The summed E-state index contributed by atoms with van der Waals surface area (Å²) in [5, 5.41) is 0. The summed E-state index contributed by atoms with van der Waals surface area (Å²) in [4.78, 5) is 6.90. The second-order valence-electron chi connectivity index (χ2n) is 5.63. The molecule has 1 aromatic heterocycles. The second kappa shape index (κ2) is 4.51. The predicted octanol–water partition coefficient (Wildman–Crippen LogP) is 3.56. The van der Waals surface area contributed by atoms with Crippen molar-refractivity contribution in [1.29, 1.82) is 0 Å². The van der Waals surface area contributed by atoms with Crippen molar-refractivity contribution in [2.45, 2.75) is 27.2 Å². The molecular weight excluding hydrogens is 311 g/mol. The van der Waals surface area contributed by atoms with E-state index < -0.39 is 0 Å². The van der Waals surface area contributed by atoms with E-state index in [0.717, 1.165) is 24.8 Å². The van der Waals surface area contributed by atoms with Gasteiger partial charge < -0.3 is 4.90 Å². The van der Waals surface area contributed by atoms with Gasteiger partial charge in [0.15, 0.2) is 0 Å². The maximum Gasteiger partial charge on any atom is 0.128 e. The number of rotatable bonds is 1. The largest absolute Gasteiger partial charge is 0.356 e. The van der Waals surface area contributed by atoms with Crippen molar-refractivity contribution in [2.24, 2.45) is 11.3 Å². The average molecular weight is 330 g/mol. The van der Waals surface area contributed by atoms with Gasteiger partial charge in [-0.25, -0.2) is 4.98 Å². The van der Waals surface area contributed by atoms with Crippen LogP contribution in [0.5, 0.6) is 0 Å². The zero-order valence-corrected chi connectivity index (χ0v) is 12.4. The zero-order valence-electron chi connectivity index (χ0n) is 10.2. The van der Waals surface area contributed by atoms with Gasteiger partial charge >= 0.3 is 0 Å². The Labute approximate surface area is 112 Å². The van der Waals surface area contributed by atoms with Crippen LogP contribution in [-0.2, 0) is 0 Å². The number of hydrogen-bond acceptors (Lipinski definition) is 2. The minimum Gasteiger partial charge on any atom is -0.356 e. The molecule has 3 heteroatoms. The van der Waals surface area contributed by atoms with Crippen molar-refractivity contribution in [3.05, 3.63) is 21.9 Å². The van der Waals surface area contributed by atoms with Gasteiger partial charge in [-0.15, -0.1) is 0 Å². The molecule has 0 saturated carbocycles. The van der Waals surface area contributed by atoms with Crippen LogP contribution in [-0.4, -0.2) is 18.1 Å². The van der Waals surface area contributed by atoms with Gasteiger partial charge in [0, 0.05) is 22.9 Å². The summed E-state index contributed by atoms with van der Waals surface area (Å²) in [5.74, 6) is 1.92. The molecule has 0 amide bonds. The van der Waals surface area contributed by atoms with E-state index in [0.29, 0.717) is 5.41 Å². The third kappa shape index (κ3) is 2.67. The Morgan fingerprint density at radius 1 is 1.38 bits per heavy atom. The fourth-order valence-corrected chi connectivity index (χ4v) is 2.55. The Morgan fingerprint density at radius 3 is 2.62 bits per heavy atom. The van der Waals surface area contributed by atoms with Crippen LogP contribution in [0.1, 0.15) is 27.2 Å². The van der Waals surface area contributed by atoms with Crippen molar-refractivity contribution in [3.63, 3.8) is 0 Å². The Hall–Kier alpha value is -0.320. The van der Waals surface area contributed by atoms with E-state index in [1.54, 1.807) is 0 Å². The summed E-state index contributed by atoms with van der Waals surface area (Å²) in [6, 6.07) is 4.26. The molecule has 1 unspecified atom stereocenters. The number of aromatic nitrogens is 1. The first-order chi connectivity index (χ1) is 7.47. The lowest BCUT2D eigenvalue weighted by atomic mass is 9.80. The fourth-order valence-electron chi connectivity index (χ4n) is 2.23. The zero-order chi connectivity index (χ0) is 11.8. The Bertz CT molecular complexity index is 353. The Morgan fingerprint density at radius 2 is 2.12 bits per heavy atom. The Balaban J connectivity index is 2.06. The molecule has 2 heterocycles. The van der Waals surface area contributed by atoms with E-state index in [2.05, 4.69) is 65.4 Å². The highest BCUT2D eigenvalue weighted by molar-refractivity contribution is 14.1. The summed E-state index contributed by atoms with van der Waals surface area (Å²) in [6.45, 7) is 9.31. The number of pyridine rings is 1. The standard InChI is InChI=1S/C13H19IN2/c1-13(2,3)10-6-7-16(9-10)12-5-4-11(14)8-15-12/h4-5,8,10H,6-7,9H2,1-3H3. The Kier molecular flexibility index (Phi) is 3.42. The molecule has 1 fully saturated rings. The molecule has 1 atom stereocenters. The highest BCUT2D eigenvalue weighted by Crippen LogP contribution is 2.34. The van der Waals surface area contributed by atoms with Crippen LogP contribution in [0.4, 0.5) is 5.82 Å². The van der Waals surface area contributed by atoms with E-state index in [-0.39, 0.29) is 0 Å². The smallest absolute Gasteiger partial charge is 0.128 e. The fraction of sp³-hybridized carbons (Fsp3) is 0.615. The van der Waals surface area contributed by atoms with Crippen LogP contribution in [0, 0.1) is 14.9 Å². The maximum atomic E-state index is 4.50. The van der Waals surface area contributed by atoms with Gasteiger partial charge in [-0.05, 0) is 52.5 Å². The highest BCUT2D eigenvalue weighted by Gasteiger charge is 2.32. The summed E-state index contributed by atoms with van der Waals surface area (Å²) in [5.41, 5.74) is 0.415. The van der Waals surface area contributed by atoms with Gasteiger partial charge in [0.05, 0.1) is 0 Å². The molecule has 0 radical (unpaired) electrons. The van der Waals surface area contributed by atoms with Gasteiger partial charge in [-0.2, -0.15) is 0 Å². The van der Waals surface area contributed by atoms with Crippen LogP contribution < -0.4 is 4.90 Å². The highest BCUT2D eigenvalue weighted by atomic mass is 127. The molecule has 1 aliphatic heterocycles. The number of halogens is 1. The lowest BCUT2D eigenvalue weighted by molar-refractivity contribution is 0.263. The average Bonchev–Trinajstić information content (AvgIpc) is 2.67. The summed E-state index contributed by atoms with van der Waals surface area (Å²) < 4.78 is 1.20. The molecular formula is C13H19IN2. The molecule has 2 nitrogen and oxygen atoms in total. The first-order valence-electron chi connectivity index (χ1n) is 5.83. The van der Waals surface area contributed by atoms with Crippen molar-refractivity contribution in [1.82, 2.24) is 4.98 Å². The molecule has 0 aromatic carbocycles. The topological polar surface area (TPSA) is 16.1 Å².